The van der Waals surface area contributed by atoms with Gasteiger partial charge in [0, 0.05) is 11.6 Å². The summed E-state index contributed by atoms with van der Waals surface area (Å²) in [5.41, 5.74) is 4.81. The molecule has 2 atom stereocenters. The van der Waals surface area contributed by atoms with Gasteiger partial charge in [0.2, 0.25) is 11.8 Å². The van der Waals surface area contributed by atoms with Gasteiger partial charge < -0.3 is 4.74 Å². The molecule has 172 valence electrons. The van der Waals surface area contributed by atoms with E-state index in [-0.39, 0.29) is 28.3 Å². The third-order valence-corrected chi connectivity index (χ3v) is 8.05. The third-order valence-electron chi connectivity index (χ3n) is 6.72. The van der Waals surface area contributed by atoms with Gasteiger partial charge in [0.05, 0.1) is 10.6 Å². The van der Waals surface area contributed by atoms with Crippen molar-refractivity contribution < 1.29 is 13.2 Å². The number of sulfonamides is 1. The van der Waals surface area contributed by atoms with Crippen molar-refractivity contribution in [2.24, 2.45) is 5.41 Å². The van der Waals surface area contributed by atoms with Gasteiger partial charge in [0.1, 0.15) is 6.10 Å². The summed E-state index contributed by atoms with van der Waals surface area (Å²) in [6.45, 7) is 8.54. The van der Waals surface area contributed by atoms with Crippen molar-refractivity contribution in [1.29, 1.82) is 0 Å². The van der Waals surface area contributed by atoms with Crippen LogP contribution >= 0.6 is 0 Å². The number of rotatable bonds is 1. The summed E-state index contributed by atoms with van der Waals surface area (Å²) in [5, 5.41) is 0. The fraction of sp³-hybridized carbons (Fsp3) is 0.385. The normalized spacial score (nSPS) is 22.8. The molecule has 6 bridgehead atoms. The van der Waals surface area contributed by atoms with Crippen molar-refractivity contribution in [1.82, 2.24) is 9.97 Å². The molecule has 0 spiro atoms. The van der Waals surface area contributed by atoms with Gasteiger partial charge in [-0.25, -0.2) is 18.1 Å². The summed E-state index contributed by atoms with van der Waals surface area (Å²) in [4.78, 5) is 9.27. The lowest BCUT2D eigenvalue weighted by molar-refractivity contribution is 0.0686. The van der Waals surface area contributed by atoms with Crippen LogP contribution < -0.4 is 9.46 Å². The van der Waals surface area contributed by atoms with Crippen LogP contribution in [0.4, 0.5) is 5.95 Å². The molecule has 2 unspecified atom stereocenters. The largest absolute Gasteiger partial charge is 0.474 e. The summed E-state index contributed by atoms with van der Waals surface area (Å²) in [6.07, 6.45) is 2.68. The maximum Gasteiger partial charge on any atom is 0.264 e. The minimum absolute atomic E-state index is 0.0164. The summed E-state index contributed by atoms with van der Waals surface area (Å²) in [6, 6.07) is 15.1. The average Bonchev–Trinajstić information content (AvgIpc) is 2.71. The smallest absolute Gasteiger partial charge is 0.264 e. The molecule has 1 aromatic heterocycles. The fourth-order valence-electron chi connectivity index (χ4n) is 5.36. The van der Waals surface area contributed by atoms with Gasteiger partial charge in [-0.2, -0.15) is 4.98 Å². The predicted molar refractivity (Wildman–Crippen MR) is 129 cm³/mol. The highest BCUT2D eigenvalue weighted by atomic mass is 32.2. The number of benzene rings is 2. The van der Waals surface area contributed by atoms with Crippen molar-refractivity contribution in [2.75, 3.05) is 4.72 Å². The van der Waals surface area contributed by atoms with Crippen LogP contribution in [-0.4, -0.2) is 24.5 Å². The molecule has 2 aliphatic rings. The minimum atomic E-state index is -3.85. The number of nitrogens with one attached hydrogen (secondary N) is 1. The zero-order valence-electron chi connectivity index (χ0n) is 19.4. The molecule has 1 saturated carbocycles. The zero-order valence-corrected chi connectivity index (χ0v) is 20.2. The van der Waals surface area contributed by atoms with E-state index in [1.54, 1.807) is 12.1 Å². The Bertz CT molecular complexity index is 1310. The van der Waals surface area contributed by atoms with Crippen molar-refractivity contribution in [2.45, 2.75) is 63.9 Å². The van der Waals surface area contributed by atoms with Crippen LogP contribution in [0.15, 0.2) is 53.4 Å². The number of fused-ring (bicyclic) bond motifs is 7. The van der Waals surface area contributed by atoms with Crippen molar-refractivity contribution in [3.63, 3.8) is 0 Å². The lowest BCUT2D eigenvalue weighted by Crippen LogP contribution is -2.35. The van der Waals surface area contributed by atoms with E-state index in [9.17, 15) is 8.42 Å². The summed E-state index contributed by atoms with van der Waals surface area (Å²) < 4.78 is 35.5. The Morgan fingerprint density at radius 3 is 2.48 bits per heavy atom. The van der Waals surface area contributed by atoms with Gasteiger partial charge in [-0.15, -0.1) is 0 Å². The van der Waals surface area contributed by atoms with Gasteiger partial charge >= 0.3 is 0 Å². The average molecular weight is 464 g/mol. The van der Waals surface area contributed by atoms with Crippen LogP contribution in [0.5, 0.6) is 5.88 Å². The molecule has 1 aliphatic carbocycles. The van der Waals surface area contributed by atoms with Crippen LogP contribution in [0.3, 0.4) is 0 Å². The molecule has 1 N–H and O–H groups in total. The number of hydrogen-bond donors (Lipinski definition) is 1. The predicted octanol–water partition coefficient (Wildman–Crippen LogP) is 5.62. The van der Waals surface area contributed by atoms with E-state index in [2.05, 4.69) is 28.5 Å². The molecule has 0 radical (unpaired) electrons. The molecule has 0 amide bonds. The maximum absolute atomic E-state index is 13.2. The Morgan fingerprint density at radius 2 is 1.73 bits per heavy atom. The number of ether oxygens (including phenoxy) is 1. The van der Waals surface area contributed by atoms with Gasteiger partial charge in [0.25, 0.3) is 10.0 Å². The Morgan fingerprint density at radius 1 is 1.00 bits per heavy atom. The van der Waals surface area contributed by atoms with Gasteiger partial charge in [-0.05, 0) is 73.3 Å². The summed E-state index contributed by atoms with van der Waals surface area (Å²) in [5.74, 6) is 0.626. The Labute approximate surface area is 195 Å². The number of aromatic nitrogens is 2. The first kappa shape index (κ1) is 21.9. The molecule has 6 nitrogen and oxygen atoms in total. The van der Waals surface area contributed by atoms with E-state index in [4.69, 9.17) is 4.74 Å². The van der Waals surface area contributed by atoms with Crippen molar-refractivity contribution in [3.05, 3.63) is 65.2 Å². The Kier molecular flexibility index (Phi) is 5.20. The molecular weight excluding hydrogens is 434 g/mol. The monoisotopic (exact) mass is 463 g/mol. The highest BCUT2D eigenvalue weighted by molar-refractivity contribution is 7.92. The molecule has 33 heavy (non-hydrogen) atoms. The molecule has 1 fully saturated rings. The van der Waals surface area contributed by atoms with E-state index < -0.39 is 10.0 Å². The number of anilines is 1. The van der Waals surface area contributed by atoms with Crippen LogP contribution in [0.2, 0.25) is 0 Å². The second-order valence-corrected chi connectivity index (χ2v) is 11.8. The first-order valence-electron chi connectivity index (χ1n) is 11.3. The van der Waals surface area contributed by atoms with Crippen LogP contribution in [0.25, 0.3) is 11.3 Å². The summed E-state index contributed by atoms with van der Waals surface area (Å²) in [7, 11) is -3.85. The first-order chi connectivity index (χ1) is 15.6. The minimum Gasteiger partial charge on any atom is -0.474 e. The molecule has 2 aromatic carbocycles. The van der Waals surface area contributed by atoms with E-state index in [0.717, 1.165) is 41.5 Å². The molecule has 5 rings (SSSR count). The number of hydrogen-bond acceptors (Lipinski definition) is 5. The van der Waals surface area contributed by atoms with E-state index >= 15 is 0 Å². The summed E-state index contributed by atoms with van der Waals surface area (Å²) >= 11 is 0. The molecular formula is C26H29N3O3S. The number of aryl methyl sites for hydroxylation is 2. The highest BCUT2D eigenvalue weighted by Gasteiger charge is 2.37. The fourth-order valence-corrected chi connectivity index (χ4v) is 6.36. The molecule has 1 aliphatic heterocycles. The second-order valence-electron chi connectivity index (χ2n) is 10.1. The second kappa shape index (κ2) is 7.83. The van der Waals surface area contributed by atoms with Gasteiger partial charge in [-0.3, -0.25) is 0 Å². The van der Waals surface area contributed by atoms with Crippen molar-refractivity contribution in [3.8, 4) is 17.1 Å². The molecule has 7 heteroatoms. The molecule has 0 saturated heterocycles. The van der Waals surface area contributed by atoms with Crippen molar-refractivity contribution >= 4 is 16.0 Å². The van der Waals surface area contributed by atoms with E-state index in [1.807, 2.05) is 50.2 Å². The third kappa shape index (κ3) is 4.34. The standard InChI is InChI=1S/C26H29N3O3S/c1-16-7-5-8-17(2)24(16)22-13-23-28-25(27-22)29-33(30,31)21-10-6-9-18(12-21)19-11-20(32-23)15-26(3,4)14-19/h5-10,12-13,19-20H,11,14-15H2,1-4H3,(H,27,28,29). The molecule has 3 aromatic rings. The maximum atomic E-state index is 13.2. The van der Waals surface area contributed by atoms with Crippen LogP contribution in [-0.2, 0) is 10.0 Å². The van der Waals surface area contributed by atoms with Crippen LogP contribution in [0, 0.1) is 19.3 Å². The van der Waals surface area contributed by atoms with Gasteiger partial charge in [-0.1, -0.05) is 44.2 Å². The lowest BCUT2D eigenvalue weighted by atomic mass is 9.69. The zero-order chi connectivity index (χ0) is 23.4. The first-order valence-corrected chi connectivity index (χ1v) is 12.8. The topological polar surface area (TPSA) is 81.2 Å². The number of nitrogens with zero attached hydrogens (tertiary/aromatic N) is 2. The van der Waals surface area contributed by atoms with Gasteiger partial charge in [0.15, 0.2) is 0 Å². The van der Waals surface area contributed by atoms with E-state index in [0.29, 0.717) is 11.6 Å². The highest BCUT2D eigenvalue weighted by Crippen LogP contribution is 2.45. The molecule has 2 heterocycles. The SMILES string of the molecule is Cc1cccc(C)c1-c1cc2nc(n1)NS(=O)(=O)c1cccc(c1)C1CC(CC(C)(C)C1)O2. The quantitative estimate of drug-likeness (QED) is 0.507. The Hall–Kier alpha value is -2.93. The Balaban J connectivity index is 1.69. The van der Waals surface area contributed by atoms with Crippen LogP contribution in [0.1, 0.15) is 55.7 Å². The van der Waals surface area contributed by atoms with E-state index in [1.165, 1.54) is 0 Å². The lowest BCUT2D eigenvalue weighted by Gasteiger charge is -2.40.